The van der Waals surface area contributed by atoms with Gasteiger partial charge >= 0.3 is 0 Å². The molecule has 3 nitrogen and oxygen atoms in total. The van der Waals surface area contributed by atoms with Crippen LogP contribution in [0, 0.1) is 0 Å². The zero-order chi connectivity index (χ0) is 12.7. The smallest absolute Gasteiger partial charge is 0.236 e. The van der Waals surface area contributed by atoms with Gasteiger partial charge in [0.15, 0.2) is 0 Å². The van der Waals surface area contributed by atoms with E-state index in [1.54, 1.807) is 0 Å². The average Bonchev–Trinajstić information content (AvgIpc) is 2.38. The molecule has 3 heteroatoms. The number of hydrogen-bond donors (Lipinski definition) is 0. The lowest BCUT2D eigenvalue weighted by Gasteiger charge is -2.34. The van der Waals surface area contributed by atoms with Crippen molar-refractivity contribution in [3.05, 3.63) is 0 Å². The maximum absolute atomic E-state index is 12.1. The van der Waals surface area contributed by atoms with Gasteiger partial charge in [-0.1, -0.05) is 26.2 Å². The van der Waals surface area contributed by atoms with E-state index < -0.39 is 0 Å². The van der Waals surface area contributed by atoms with Gasteiger partial charge in [0.2, 0.25) is 5.91 Å². The topological polar surface area (TPSA) is 23.6 Å². The second-order valence-electron chi connectivity index (χ2n) is 4.92. The quantitative estimate of drug-likeness (QED) is 0.712. The first kappa shape index (κ1) is 14.5. The van der Waals surface area contributed by atoms with E-state index in [2.05, 4.69) is 25.7 Å². The first-order chi connectivity index (χ1) is 8.22. The fourth-order valence-electron chi connectivity index (χ4n) is 2.80. The van der Waals surface area contributed by atoms with Gasteiger partial charge in [0, 0.05) is 19.1 Å². The SMILES string of the molecule is CCN(CC)C(=O)CN(CC)C1CCCCC1. The highest BCUT2D eigenvalue weighted by Gasteiger charge is 2.22. The van der Waals surface area contributed by atoms with Crippen LogP contribution in [-0.2, 0) is 4.79 Å². The Morgan fingerprint density at radius 2 is 1.59 bits per heavy atom. The zero-order valence-electron chi connectivity index (χ0n) is 11.7. The van der Waals surface area contributed by atoms with Crippen LogP contribution in [0.5, 0.6) is 0 Å². The molecule has 0 N–H and O–H groups in total. The van der Waals surface area contributed by atoms with Crippen molar-refractivity contribution in [3.8, 4) is 0 Å². The summed E-state index contributed by atoms with van der Waals surface area (Å²) in [5.74, 6) is 0.294. The Hall–Kier alpha value is -0.570. The fourth-order valence-corrected chi connectivity index (χ4v) is 2.80. The number of rotatable bonds is 6. The van der Waals surface area contributed by atoms with E-state index in [4.69, 9.17) is 0 Å². The molecule has 0 aromatic carbocycles. The summed E-state index contributed by atoms with van der Waals surface area (Å²) >= 11 is 0. The van der Waals surface area contributed by atoms with Crippen molar-refractivity contribution in [3.63, 3.8) is 0 Å². The van der Waals surface area contributed by atoms with Gasteiger partial charge in [0.25, 0.3) is 0 Å². The van der Waals surface area contributed by atoms with Crippen LogP contribution in [0.15, 0.2) is 0 Å². The number of carbonyl (C=O) groups excluding carboxylic acids is 1. The maximum Gasteiger partial charge on any atom is 0.236 e. The molecule has 0 spiro atoms. The summed E-state index contributed by atoms with van der Waals surface area (Å²) in [5.41, 5.74) is 0. The molecule has 100 valence electrons. The molecule has 1 amide bonds. The lowest BCUT2D eigenvalue weighted by atomic mass is 9.94. The summed E-state index contributed by atoms with van der Waals surface area (Å²) in [7, 11) is 0. The molecular weight excluding hydrogens is 212 g/mol. The van der Waals surface area contributed by atoms with E-state index in [1.165, 1.54) is 32.1 Å². The van der Waals surface area contributed by atoms with Crippen LogP contribution < -0.4 is 0 Å². The minimum absolute atomic E-state index is 0.294. The first-order valence-corrected chi connectivity index (χ1v) is 7.24. The van der Waals surface area contributed by atoms with E-state index in [0.717, 1.165) is 19.6 Å². The van der Waals surface area contributed by atoms with Crippen molar-refractivity contribution in [2.75, 3.05) is 26.2 Å². The molecular formula is C14H28N2O. The Morgan fingerprint density at radius 3 is 2.06 bits per heavy atom. The number of nitrogens with zero attached hydrogens (tertiary/aromatic N) is 2. The van der Waals surface area contributed by atoms with E-state index in [1.807, 2.05) is 4.90 Å². The van der Waals surface area contributed by atoms with Crippen LogP contribution >= 0.6 is 0 Å². The molecule has 0 aromatic rings. The molecule has 1 rings (SSSR count). The molecule has 0 unspecified atom stereocenters. The van der Waals surface area contributed by atoms with Gasteiger partial charge in [-0.25, -0.2) is 0 Å². The van der Waals surface area contributed by atoms with Gasteiger partial charge < -0.3 is 4.90 Å². The summed E-state index contributed by atoms with van der Waals surface area (Å²) in [4.78, 5) is 16.4. The molecule has 1 aliphatic carbocycles. The largest absolute Gasteiger partial charge is 0.342 e. The van der Waals surface area contributed by atoms with Gasteiger partial charge in [-0.3, -0.25) is 9.69 Å². The second-order valence-corrected chi connectivity index (χ2v) is 4.92. The van der Waals surface area contributed by atoms with E-state index in [-0.39, 0.29) is 0 Å². The summed E-state index contributed by atoms with van der Waals surface area (Å²) in [5, 5.41) is 0. The Kier molecular flexibility index (Phi) is 6.56. The van der Waals surface area contributed by atoms with Crippen LogP contribution in [-0.4, -0.2) is 47.9 Å². The zero-order valence-corrected chi connectivity index (χ0v) is 11.7. The highest BCUT2D eigenvalue weighted by molar-refractivity contribution is 5.78. The van der Waals surface area contributed by atoms with Crippen LogP contribution in [0.2, 0.25) is 0 Å². The average molecular weight is 240 g/mol. The van der Waals surface area contributed by atoms with Gasteiger partial charge in [-0.2, -0.15) is 0 Å². The van der Waals surface area contributed by atoms with Gasteiger partial charge in [0.05, 0.1) is 6.54 Å². The molecule has 0 bridgehead atoms. The van der Waals surface area contributed by atoms with E-state index in [0.29, 0.717) is 18.5 Å². The molecule has 0 radical (unpaired) electrons. The van der Waals surface area contributed by atoms with Crippen LogP contribution in [0.4, 0.5) is 0 Å². The lowest BCUT2D eigenvalue weighted by molar-refractivity contribution is -0.132. The molecule has 0 saturated heterocycles. The molecule has 17 heavy (non-hydrogen) atoms. The molecule has 0 aromatic heterocycles. The van der Waals surface area contributed by atoms with Gasteiger partial charge in [0.1, 0.15) is 0 Å². The number of hydrogen-bond acceptors (Lipinski definition) is 2. The second kappa shape index (κ2) is 7.70. The Balaban J connectivity index is 2.47. The summed E-state index contributed by atoms with van der Waals surface area (Å²) in [6.45, 7) is 9.55. The minimum atomic E-state index is 0.294. The Bertz CT molecular complexity index is 220. The lowest BCUT2D eigenvalue weighted by Crippen LogP contribution is -2.45. The van der Waals surface area contributed by atoms with Crippen LogP contribution in [0.1, 0.15) is 52.9 Å². The number of amides is 1. The summed E-state index contributed by atoms with van der Waals surface area (Å²) < 4.78 is 0. The summed E-state index contributed by atoms with van der Waals surface area (Å²) in [6, 6.07) is 0.647. The van der Waals surface area contributed by atoms with Crippen molar-refractivity contribution in [2.24, 2.45) is 0 Å². The number of likely N-dealkylation sites (N-methyl/N-ethyl adjacent to an activating group) is 2. The predicted octanol–water partition coefficient (Wildman–Crippen LogP) is 2.51. The van der Waals surface area contributed by atoms with Gasteiger partial charge in [-0.15, -0.1) is 0 Å². The number of carbonyl (C=O) groups is 1. The standard InChI is InChI=1S/C14H28N2O/c1-4-15(5-2)14(17)12-16(6-3)13-10-8-7-9-11-13/h13H,4-12H2,1-3H3. The first-order valence-electron chi connectivity index (χ1n) is 7.24. The molecule has 0 heterocycles. The van der Waals surface area contributed by atoms with Crippen molar-refractivity contribution in [1.82, 2.24) is 9.80 Å². The monoisotopic (exact) mass is 240 g/mol. The third-order valence-corrected chi connectivity index (χ3v) is 3.95. The summed E-state index contributed by atoms with van der Waals surface area (Å²) in [6.07, 6.45) is 6.60. The third-order valence-electron chi connectivity index (χ3n) is 3.95. The van der Waals surface area contributed by atoms with Crippen molar-refractivity contribution in [1.29, 1.82) is 0 Å². The van der Waals surface area contributed by atoms with Crippen molar-refractivity contribution < 1.29 is 4.79 Å². The van der Waals surface area contributed by atoms with Crippen LogP contribution in [0.25, 0.3) is 0 Å². The minimum Gasteiger partial charge on any atom is -0.342 e. The Morgan fingerprint density at radius 1 is 1.00 bits per heavy atom. The van der Waals surface area contributed by atoms with E-state index >= 15 is 0 Å². The fraction of sp³-hybridized carbons (Fsp3) is 0.929. The predicted molar refractivity (Wildman–Crippen MR) is 72.0 cm³/mol. The molecule has 0 atom stereocenters. The molecule has 0 aliphatic heterocycles. The Labute approximate surface area is 106 Å². The van der Waals surface area contributed by atoms with Crippen molar-refractivity contribution >= 4 is 5.91 Å². The van der Waals surface area contributed by atoms with Gasteiger partial charge in [-0.05, 0) is 33.2 Å². The van der Waals surface area contributed by atoms with E-state index in [9.17, 15) is 4.79 Å². The normalized spacial score (nSPS) is 17.4. The van der Waals surface area contributed by atoms with Crippen molar-refractivity contribution in [2.45, 2.75) is 58.9 Å². The molecule has 1 saturated carbocycles. The molecule has 1 fully saturated rings. The third kappa shape index (κ3) is 4.30. The maximum atomic E-state index is 12.1. The highest BCUT2D eigenvalue weighted by Crippen LogP contribution is 2.22. The highest BCUT2D eigenvalue weighted by atomic mass is 16.2. The van der Waals surface area contributed by atoms with Crippen LogP contribution in [0.3, 0.4) is 0 Å². The molecule has 1 aliphatic rings.